The highest BCUT2D eigenvalue weighted by molar-refractivity contribution is 7.15. The summed E-state index contributed by atoms with van der Waals surface area (Å²) < 4.78 is 0. The van der Waals surface area contributed by atoms with Gasteiger partial charge in [0.2, 0.25) is 5.13 Å². The minimum absolute atomic E-state index is 0.0503. The van der Waals surface area contributed by atoms with E-state index in [2.05, 4.69) is 22.4 Å². The van der Waals surface area contributed by atoms with Gasteiger partial charge in [-0.15, -0.1) is 10.2 Å². The highest BCUT2D eigenvalue weighted by Gasteiger charge is 2.12. The Labute approximate surface area is 131 Å². The molecular weight excluding hydrogens is 304 g/mol. The van der Waals surface area contributed by atoms with Crippen LogP contribution in [0.2, 0.25) is 0 Å². The minimum atomic E-state index is -0.505. The van der Waals surface area contributed by atoms with Gasteiger partial charge in [-0.2, -0.15) is 0 Å². The van der Waals surface area contributed by atoms with Crippen LogP contribution in [0, 0.1) is 10.1 Å². The molecule has 0 spiro atoms. The molecule has 0 aliphatic rings. The number of benzene rings is 1. The molecule has 0 bridgehead atoms. The van der Waals surface area contributed by atoms with E-state index in [-0.39, 0.29) is 11.6 Å². The summed E-state index contributed by atoms with van der Waals surface area (Å²) in [6.07, 6.45) is 4.20. The van der Waals surface area contributed by atoms with E-state index < -0.39 is 4.92 Å². The van der Waals surface area contributed by atoms with Crippen LogP contribution in [0.25, 0.3) is 0 Å². The third-order valence-electron chi connectivity index (χ3n) is 3.02. The Morgan fingerprint density at radius 1 is 1.27 bits per heavy atom. The number of aromatic nitrogens is 2. The van der Waals surface area contributed by atoms with E-state index in [9.17, 15) is 14.9 Å². The van der Waals surface area contributed by atoms with Crippen LogP contribution >= 0.6 is 11.3 Å². The van der Waals surface area contributed by atoms with Crippen LogP contribution in [0.15, 0.2) is 24.3 Å². The van der Waals surface area contributed by atoms with E-state index in [1.54, 1.807) is 0 Å². The van der Waals surface area contributed by atoms with Crippen LogP contribution < -0.4 is 5.32 Å². The lowest BCUT2D eigenvalue weighted by Gasteiger charge is -2.00. The van der Waals surface area contributed by atoms with Crippen molar-refractivity contribution in [1.82, 2.24) is 10.2 Å². The maximum absolute atomic E-state index is 12.0. The first-order chi connectivity index (χ1) is 10.6. The molecular formula is C14H16N4O3S. The van der Waals surface area contributed by atoms with Gasteiger partial charge in [-0.25, -0.2) is 0 Å². The van der Waals surface area contributed by atoms with Crippen LogP contribution in [0.4, 0.5) is 10.8 Å². The number of amides is 1. The van der Waals surface area contributed by atoms with Crippen LogP contribution in [-0.2, 0) is 6.42 Å². The summed E-state index contributed by atoms with van der Waals surface area (Å²) in [4.78, 5) is 22.1. The molecule has 0 fully saturated rings. The summed E-state index contributed by atoms with van der Waals surface area (Å²) in [5.41, 5.74) is 0.291. The van der Waals surface area contributed by atoms with Gasteiger partial charge in [-0.1, -0.05) is 31.1 Å². The molecule has 0 unspecified atom stereocenters. The van der Waals surface area contributed by atoms with Gasteiger partial charge in [0.25, 0.3) is 11.6 Å². The lowest BCUT2D eigenvalue weighted by molar-refractivity contribution is -0.384. The van der Waals surface area contributed by atoms with Crippen molar-refractivity contribution in [3.05, 3.63) is 45.0 Å². The van der Waals surface area contributed by atoms with Crippen LogP contribution in [0.5, 0.6) is 0 Å². The molecule has 0 aliphatic carbocycles. The lowest BCUT2D eigenvalue weighted by atomic mass is 10.2. The predicted octanol–water partition coefficient (Wildman–Crippen LogP) is 3.43. The third-order valence-corrected chi connectivity index (χ3v) is 3.92. The molecule has 1 aromatic carbocycles. The van der Waals surface area contributed by atoms with E-state index in [0.717, 1.165) is 30.7 Å². The second kappa shape index (κ2) is 7.60. The van der Waals surface area contributed by atoms with Crippen molar-refractivity contribution in [2.75, 3.05) is 5.32 Å². The molecule has 22 heavy (non-hydrogen) atoms. The molecule has 2 rings (SSSR count). The molecule has 0 atom stereocenters. The average Bonchev–Trinajstić information content (AvgIpc) is 2.95. The zero-order valence-corrected chi connectivity index (χ0v) is 12.9. The van der Waals surface area contributed by atoms with Crippen molar-refractivity contribution in [2.45, 2.75) is 32.6 Å². The minimum Gasteiger partial charge on any atom is -0.296 e. The van der Waals surface area contributed by atoms with Gasteiger partial charge < -0.3 is 0 Å². The number of non-ortho nitro benzene ring substituents is 1. The number of nitro benzene ring substituents is 1. The average molecular weight is 320 g/mol. The molecule has 116 valence electrons. The number of hydrogen-bond donors (Lipinski definition) is 1. The summed E-state index contributed by atoms with van der Waals surface area (Å²) in [6, 6.07) is 5.42. The molecule has 2 aromatic rings. The van der Waals surface area contributed by atoms with Gasteiger partial charge in [0, 0.05) is 24.1 Å². The first-order valence-corrected chi connectivity index (χ1v) is 7.80. The Morgan fingerprint density at radius 2 is 2.00 bits per heavy atom. The quantitative estimate of drug-likeness (QED) is 0.479. The normalized spacial score (nSPS) is 10.4. The van der Waals surface area contributed by atoms with Gasteiger partial charge in [0.05, 0.1) is 4.92 Å². The van der Waals surface area contributed by atoms with Crippen molar-refractivity contribution in [1.29, 1.82) is 0 Å². The second-order valence-corrected chi connectivity index (χ2v) is 5.78. The summed E-state index contributed by atoms with van der Waals surface area (Å²) in [6.45, 7) is 2.13. The molecule has 1 N–H and O–H groups in total. The van der Waals surface area contributed by atoms with Gasteiger partial charge in [0.1, 0.15) is 5.01 Å². The standard InChI is InChI=1S/C14H16N4O3S/c1-2-3-4-5-12-16-17-14(22-12)15-13(19)10-6-8-11(9-7-10)18(20)21/h6-9H,2-5H2,1H3,(H,15,17,19). The second-order valence-electron chi connectivity index (χ2n) is 4.72. The Hall–Kier alpha value is -2.35. The maximum atomic E-state index is 12.0. The molecule has 8 heteroatoms. The van der Waals surface area contributed by atoms with Gasteiger partial charge in [0.15, 0.2) is 0 Å². The number of anilines is 1. The molecule has 0 aliphatic heterocycles. The number of rotatable bonds is 7. The number of carbonyl (C=O) groups is 1. The summed E-state index contributed by atoms with van der Waals surface area (Å²) in [5, 5.41) is 22.5. The van der Waals surface area contributed by atoms with E-state index >= 15 is 0 Å². The topological polar surface area (TPSA) is 98.0 Å². The van der Waals surface area contributed by atoms with Crippen molar-refractivity contribution in [3.8, 4) is 0 Å². The Balaban J connectivity index is 1.95. The van der Waals surface area contributed by atoms with Gasteiger partial charge >= 0.3 is 0 Å². The SMILES string of the molecule is CCCCCc1nnc(NC(=O)c2ccc([N+](=O)[O-])cc2)s1. The first kappa shape index (κ1) is 16.0. The Morgan fingerprint density at radius 3 is 2.64 bits per heavy atom. The smallest absolute Gasteiger partial charge is 0.269 e. The Bertz CT molecular complexity index is 654. The highest BCUT2D eigenvalue weighted by atomic mass is 32.1. The number of carbonyl (C=O) groups excluding carboxylic acids is 1. The number of nitro groups is 1. The number of hydrogen-bond acceptors (Lipinski definition) is 6. The van der Waals surface area contributed by atoms with Gasteiger partial charge in [-0.3, -0.25) is 20.2 Å². The molecule has 7 nitrogen and oxygen atoms in total. The van der Waals surface area contributed by atoms with Crippen molar-refractivity contribution < 1.29 is 9.72 Å². The molecule has 0 saturated heterocycles. The zero-order chi connectivity index (χ0) is 15.9. The summed E-state index contributed by atoms with van der Waals surface area (Å²) in [5.74, 6) is -0.355. The number of aryl methyl sites for hydroxylation is 1. The summed E-state index contributed by atoms with van der Waals surface area (Å²) >= 11 is 1.35. The number of nitrogens with zero attached hydrogens (tertiary/aromatic N) is 3. The lowest BCUT2D eigenvalue weighted by Crippen LogP contribution is -2.11. The van der Waals surface area contributed by atoms with Crippen molar-refractivity contribution >= 4 is 28.1 Å². The van der Waals surface area contributed by atoms with Crippen LogP contribution in [-0.4, -0.2) is 21.0 Å². The van der Waals surface area contributed by atoms with Crippen molar-refractivity contribution in [2.24, 2.45) is 0 Å². The number of nitrogens with one attached hydrogen (secondary N) is 1. The summed E-state index contributed by atoms with van der Waals surface area (Å²) in [7, 11) is 0. The van der Waals surface area contributed by atoms with Crippen LogP contribution in [0.3, 0.4) is 0 Å². The molecule has 0 radical (unpaired) electrons. The molecule has 1 aromatic heterocycles. The monoisotopic (exact) mass is 320 g/mol. The van der Waals surface area contributed by atoms with E-state index in [4.69, 9.17) is 0 Å². The number of unbranched alkanes of at least 4 members (excludes halogenated alkanes) is 2. The van der Waals surface area contributed by atoms with E-state index in [1.807, 2.05) is 0 Å². The largest absolute Gasteiger partial charge is 0.296 e. The third kappa shape index (κ3) is 4.32. The zero-order valence-electron chi connectivity index (χ0n) is 12.1. The predicted molar refractivity (Wildman–Crippen MR) is 84.2 cm³/mol. The molecule has 1 heterocycles. The Kier molecular flexibility index (Phi) is 5.54. The fraction of sp³-hybridized carbons (Fsp3) is 0.357. The fourth-order valence-electron chi connectivity index (χ4n) is 1.84. The molecule has 0 saturated carbocycles. The maximum Gasteiger partial charge on any atom is 0.269 e. The first-order valence-electron chi connectivity index (χ1n) is 6.98. The van der Waals surface area contributed by atoms with E-state index in [1.165, 1.54) is 35.6 Å². The fourth-order valence-corrected chi connectivity index (χ4v) is 2.61. The van der Waals surface area contributed by atoms with Crippen molar-refractivity contribution in [3.63, 3.8) is 0 Å². The molecule has 1 amide bonds. The highest BCUT2D eigenvalue weighted by Crippen LogP contribution is 2.19. The van der Waals surface area contributed by atoms with E-state index in [0.29, 0.717) is 10.7 Å². The van der Waals surface area contributed by atoms with Crippen LogP contribution in [0.1, 0.15) is 41.6 Å². The van der Waals surface area contributed by atoms with Gasteiger partial charge in [-0.05, 0) is 18.6 Å².